The van der Waals surface area contributed by atoms with Crippen LogP contribution in [-0.2, 0) is 0 Å². The Hall–Kier alpha value is -2.21. The van der Waals surface area contributed by atoms with Crippen molar-refractivity contribution in [2.24, 2.45) is 0 Å². The molecule has 0 aliphatic carbocycles. The van der Waals surface area contributed by atoms with Gasteiger partial charge in [-0.2, -0.15) is 0 Å². The largest absolute Gasteiger partial charge is 0.316 e. The third-order valence-corrected chi connectivity index (χ3v) is 4.26. The Morgan fingerprint density at radius 1 is 0.857 bits per heavy atom. The zero-order valence-corrected chi connectivity index (χ0v) is 12.3. The van der Waals surface area contributed by atoms with E-state index in [1.54, 1.807) is 24.3 Å². The maximum Gasteiger partial charge on any atom is 0.314 e. The summed E-state index contributed by atoms with van der Waals surface area (Å²) in [6, 6.07) is 11.5. The molecule has 2 N–H and O–H groups in total. The van der Waals surface area contributed by atoms with Crippen LogP contribution < -0.4 is 11.1 Å². The molecule has 0 radical (unpaired) electrons. The fourth-order valence-corrected chi connectivity index (χ4v) is 2.70. The van der Waals surface area contributed by atoms with Crippen molar-refractivity contribution in [3.63, 3.8) is 0 Å². The number of aromatic nitrogens is 2. The molecule has 6 heteroatoms. The molecule has 1 aromatic heterocycles. The Balaban J connectivity index is 2.08. The number of H-pyrrole nitrogens is 2. The van der Waals surface area contributed by atoms with Gasteiger partial charge in [-0.15, -0.1) is 0 Å². The summed E-state index contributed by atoms with van der Waals surface area (Å²) in [5.74, 6) is -0.293. The molecule has 0 spiro atoms. The minimum atomic E-state index is -0.687. The topological polar surface area (TPSA) is 65.7 Å². The van der Waals surface area contributed by atoms with Gasteiger partial charge in [0, 0.05) is 0 Å². The van der Waals surface area contributed by atoms with Gasteiger partial charge in [0.05, 0.1) is 15.9 Å². The van der Waals surface area contributed by atoms with E-state index in [1.807, 2.05) is 6.07 Å². The third kappa shape index (κ3) is 2.67. The number of hydrogen-bond donors (Lipinski definition) is 2. The second kappa shape index (κ2) is 5.29. The van der Waals surface area contributed by atoms with Crippen LogP contribution in [0.5, 0.6) is 0 Å². The van der Waals surface area contributed by atoms with E-state index in [0.29, 0.717) is 11.0 Å². The average molecular weight is 349 g/mol. The Kier molecular flexibility index (Phi) is 3.47. The molecule has 3 rings (SSSR count). The lowest BCUT2D eigenvalue weighted by molar-refractivity contribution is 0.627. The lowest BCUT2D eigenvalue weighted by Gasteiger charge is -2.11. The molecule has 1 unspecified atom stereocenters. The van der Waals surface area contributed by atoms with Crippen molar-refractivity contribution in [1.29, 1.82) is 0 Å². The highest BCUT2D eigenvalue weighted by atomic mass is 79.9. The lowest BCUT2D eigenvalue weighted by Crippen LogP contribution is -2.28. The monoisotopic (exact) mass is 348 g/mol. The van der Waals surface area contributed by atoms with Gasteiger partial charge >= 0.3 is 11.1 Å². The van der Waals surface area contributed by atoms with Crippen LogP contribution in [-0.4, -0.2) is 9.97 Å². The Morgan fingerprint density at radius 2 is 1.43 bits per heavy atom. The maximum absolute atomic E-state index is 13.0. The van der Waals surface area contributed by atoms with E-state index in [9.17, 15) is 14.0 Å². The summed E-state index contributed by atoms with van der Waals surface area (Å²) >= 11 is 3.55. The van der Waals surface area contributed by atoms with Crippen molar-refractivity contribution >= 4 is 27.0 Å². The van der Waals surface area contributed by atoms with Crippen molar-refractivity contribution in [2.75, 3.05) is 0 Å². The first-order valence-corrected chi connectivity index (χ1v) is 7.12. The molecule has 1 heterocycles. The third-order valence-electron chi connectivity index (χ3n) is 3.20. The molecule has 0 aliphatic rings. The van der Waals surface area contributed by atoms with Gasteiger partial charge in [-0.25, -0.2) is 4.39 Å². The van der Waals surface area contributed by atoms with Crippen molar-refractivity contribution < 1.29 is 4.39 Å². The molecule has 0 fully saturated rings. The molecular formula is C15H10BrFN2O2. The van der Waals surface area contributed by atoms with Crippen LogP contribution >= 0.6 is 15.9 Å². The first kappa shape index (κ1) is 13.8. The molecule has 0 amide bonds. The normalized spacial score (nSPS) is 12.5. The molecule has 0 bridgehead atoms. The van der Waals surface area contributed by atoms with E-state index in [0.717, 1.165) is 11.1 Å². The van der Waals surface area contributed by atoms with Crippen molar-refractivity contribution in [3.05, 3.63) is 80.1 Å². The number of aromatic amines is 2. The molecule has 21 heavy (non-hydrogen) atoms. The minimum Gasteiger partial charge on any atom is -0.316 e. The standard InChI is InChI=1S/C15H10BrFN2O2/c16-13(8-1-4-10(17)5-2-8)9-3-6-11-12(7-9)19-15(21)14(20)18-11/h1-7,13H,(H,18,20)(H,19,21). The Labute approximate surface area is 126 Å². The highest BCUT2D eigenvalue weighted by molar-refractivity contribution is 9.09. The van der Waals surface area contributed by atoms with Crippen LogP contribution in [0.25, 0.3) is 11.0 Å². The smallest absolute Gasteiger partial charge is 0.314 e. The number of alkyl halides is 1. The van der Waals surface area contributed by atoms with Gasteiger partial charge in [0.1, 0.15) is 5.82 Å². The highest BCUT2D eigenvalue weighted by Crippen LogP contribution is 2.31. The van der Waals surface area contributed by atoms with Crippen LogP contribution in [0, 0.1) is 5.82 Å². The van der Waals surface area contributed by atoms with Gasteiger partial charge in [0.2, 0.25) is 0 Å². The van der Waals surface area contributed by atoms with Gasteiger partial charge in [-0.05, 0) is 35.4 Å². The van der Waals surface area contributed by atoms with Crippen LogP contribution in [0.15, 0.2) is 52.1 Å². The van der Waals surface area contributed by atoms with E-state index in [4.69, 9.17) is 0 Å². The molecule has 2 aromatic carbocycles. The van der Waals surface area contributed by atoms with E-state index in [-0.39, 0.29) is 10.6 Å². The van der Waals surface area contributed by atoms with E-state index in [2.05, 4.69) is 25.9 Å². The molecule has 106 valence electrons. The summed E-state index contributed by atoms with van der Waals surface area (Å²) in [4.78, 5) is 27.5. The van der Waals surface area contributed by atoms with Crippen LogP contribution in [0.2, 0.25) is 0 Å². The summed E-state index contributed by atoms with van der Waals surface area (Å²) < 4.78 is 13.0. The number of halogens is 2. The van der Waals surface area contributed by atoms with Gasteiger partial charge in [-0.1, -0.05) is 34.1 Å². The molecule has 1 atom stereocenters. The fourth-order valence-electron chi connectivity index (χ4n) is 2.11. The number of hydrogen-bond acceptors (Lipinski definition) is 2. The van der Waals surface area contributed by atoms with Gasteiger partial charge in [0.15, 0.2) is 0 Å². The Bertz CT molecular complexity index is 915. The second-order valence-electron chi connectivity index (χ2n) is 4.63. The predicted octanol–water partition coefficient (Wildman–Crippen LogP) is 2.84. The quantitative estimate of drug-likeness (QED) is 0.552. The molecule has 4 nitrogen and oxygen atoms in total. The summed E-state index contributed by atoms with van der Waals surface area (Å²) in [7, 11) is 0. The van der Waals surface area contributed by atoms with Gasteiger partial charge in [-0.3, -0.25) is 9.59 Å². The minimum absolute atomic E-state index is 0.141. The van der Waals surface area contributed by atoms with Crippen molar-refractivity contribution in [2.45, 2.75) is 4.83 Å². The molecule has 0 saturated heterocycles. The van der Waals surface area contributed by atoms with Gasteiger partial charge in [0.25, 0.3) is 0 Å². The van der Waals surface area contributed by atoms with E-state index >= 15 is 0 Å². The summed E-state index contributed by atoms with van der Waals surface area (Å²) in [6.45, 7) is 0. The second-order valence-corrected chi connectivity index (χ2v) is 5.54. The van der Waals surface area contributed by atoms with Crippen LogP contribution in [0.3, 0.4) is 0 Å². The summed E-state index contributed by atoms with van der Waals surface area (Å²) in [6.07, 6.45) is 0. The SMILES string of the molecule is O=c1[nH]c2ccc(C(Br)c3ccc(F)cc3)cc2[nH]c1=O. The number of rotatable bonds is 2. The zero-order valence-electron chi connectivity index (χ0n) is 10.7. The maximum atomic E-state index is 13.0. The molecule has 0 saturated carbocycles. The fraction of sp³-hybridized carbons (Fsp3) is 0.0667. The predicted molar refractivity (Wildman–Crippen MR) is 82.4 cm³/mol. The van der Waals surface area contributed by atoms with E-state index < -0.39 is 11.1 Å². The molecule has 0 aliphatic heterocycles. The van der Waals surface area contributed by atoms with Crippen molar-refractivity contribution in [3.8, 4) is 0 Å². The van der Waals surface area contributed by atoms with Crippen LogP contribution in [0.1, 0.15) is 16.0 Å². The average Bonchev–Trinajstić information content (AvgIpc) is 2.48. The summed E-state index contributed by atoms with van der Waals surface area (Å²) in [5.41, 5.74) is 1.52. The summed E-state index contributed by atoms with van der Waals surface area (Å²) in [5, 5.41) is 0. The molecule has 3 aromatic rings. The lowest BCUT2D eigenvalue weighted by atomic mass is 10.0. The van der Waals surface area contributed by atoms with Crippen LogP contribution in [0.4, 0.5) is 4.39 Å². The zero-order chi connectivity index (χ0) is 15.0. The number of benzene rings is 2. The highest BCUT2D eigenvalue weighted by Gasteiger charge is 2.11. The first-order chi connectivity index (χ1) is 10.0. The number of fused-ring (bicyclic) bond motifs is 1. The Morgan fingerprint density at radius 3 is 2.10 bits per heavy atom. The van der Waals surface area contributed by atoms with Crippen molar-refractivity contribution in [1.82, 2.24) is 9.97 Å². The first-order valence-electron chi connectivity index (χ1n) is 6.20. The molecular weight excluding hydrogens is 339 g/mol. The van der Waals surface area contributed by atoms with Gasteiger partial charge < -0.3 is 9.97 Å². The number of nitrogens with one attached hydrogen (secondary N) is 2. The van der Waals surface area contributed by atoms with E-state index in [1.165, 1.54) is 12.1 Å².